The summed E-state index contributed by atoms with van der Waals surface area (Å²) >= 11 is 0. The molecule has 0 atom stereocenters. The lowest BCUT2D eigenvalue weighted by atomic mass is 10.3. The van der Waals surface area contributed by atoms with Gasteiger partial charge in [-0.25, -0.2) is 4.98 Å². The summed E-state index contributed by atoms with van der Waals surface area (Å²) in [6, 6.07) is 6.07. The summed E-state index contributed by atoms with van der Waals surface area (Å²) in [6.07, 6.45) is 4.39. The van der Waals surface area contributed by atoms with Crippen LogP contribution in [0.3, 0.4) is 0 Å². The number of nitrogens with zero attached hydrogens (tertiary/aromatic N) is 3. The second-order valence-electron chi connectivity index (χ2n) is 4.13. The quantitative estimate of drug-likeness (QED) is 0.829. The van der Waals surface area contributed by atoms with E-state index < -0.39 is 0 Å². The Kier molecular flexibility index (Phi) is 1.87. The molecule has 1 aliphatic rings. The Balaban J connectivity index is 2.28. The molecule has 1 saturated carbocycles. The first kappa shape index (κ1) is 9.22. The summed E-state index contributed by atoms with van der Waals surface area (Å²) < 4.78 is 2.04. The summed E-state index contributed by atoms with van der Waals surface area (Å²) in [5.41, 5.74) is 2.48. The number of nitrogens with one attached hydrogen (secondary N) is 1. The first-order chi connectivity index (χ1) is 7.83. The topological polar surface area (TPSA) is 53.1 Å². The molecule has 16 heavy (non-hydrogen) atoms. The van der Waals surface area contributed by atoms with E-state index in [1.165, 1.54) is 12.8 Å². The molecule has 1 fully saturated rings. The minimum absolute atomic E-state index is 0.532. The summed E-state index contributed by atoms with van der Waals surface area (Å²) in [4.78, 5) is 4.42. The Bertz CT molecular complexity index is 587. The van der Waals surface area contributed by atoms with Crippen LogP contribution in [0.1, 0.15) is 30.3 Å². The Morgan fingerprint density at radius 1 is 1.50 bits per heavy atom. The van der Waals surface area contributed by atoms with Gasteiger partial charge in [-0.2, -0.15) is 5.26 Å². The number of imidazole rings is 1. The number of anilines is 1. The highest BCUT2D eigenvalue weighted by Crippen LogP contribution is 2.40. The standard InChI is InChI=1S/C12H12N4/c1-14-9-4-5-11-10(6-13)15-12(8-2-3-8)16(11)7-9/h4-5,7-8,14H,2-3H2,1H3. The van der Waals surface area contributed by atoms with E-state index in [1.807, 2.05) is 29.8 Å². The van der Waals surface area contributed by atoms with Crippen molar-refractivity contribution in [3.05, 3.63) is 29.8 Å². The average Bonchev–Trinajstić information content (AvgIpc) is 3.10. The number of nitriles is 1. The molecule has 2 aromatic heterocycles. The van der Waals surface area contributed by atoms with Gasteiger partial charge in [0.2, 0.25) is 0 Å². The molecular formula is C12H12N4. The van der Waals surface area contributed by atoms with Crippen molar-refractivity contribution in [3.63, 3.8) is 0 Å². The van der Waals surface area contributed by atoms with Crippen LogP contribution < -0.4 is 5.32 Å². The molecule has 0 bridgehead atoms. The van der Waals surface area contributed by atoms with Crippen molar-refractivity contribution < 1.29 is 0 Å². The Morgan fingerprint density at radius 3 is 2.94 bits per heavy atom. The lowest BCUT2D eigenvalue weighted by molar-refractivity contribution is 0.919. The molecule has 0 amide bonds. The summed E-state index contributed by atoms with van der Waals surface area (Å²) in [5.74, 6) is 1.57. The van der Waals surface area contributed by atoms with Gasteiger partial charge in [-0.15, -0.1) is 0 Å². The molecule has 0 saturated heterocycles. The SMILES string of the molecule is CNc1ccc2c(C#N)nc(C3CC3)n2c1. The number of aromatic nitrogens is 2. The largest absolute Gasteiger partial charge is 0.387 e. The zero-order valence-electron chi connectivity index (χ0n) is 9.07. The predicted octanol–water partition coefficient (Wildman–Crippen LogP) is 2.13. The number of fused-ring (bicyclic) bond motifs is 1. The molecule has 0 aromatic carbocycles. The fraction of sp³-hybridized carbons (Fsp3) is 0.333. The first-order valence-corrected chi connectivity index (χ1v) is 5.43. The Hall–Kier alpha value is -2.02. The van der Waals surface area contributed by atoms with Crippen LogP contribution in [0.15, 0.2) is 18.3 Å². The first-order valence-electron chi connectivity index (χ1n) is 5.43. The summed E-state index contributed by atoms with van der Waals surface area (Å²) in [6.45, 7) is 0. The van der Waals surface area contributed by atoms with Crippen LogP contribution in [-0.4, -0.2) is 16.4 Å². The second-order valence-corrected chi connectivity index (χ2v) is 4.13. The molecule has 1 aliphatic carbocycles. The van der Waals surface area contributed by atoms with Gasteiger partial charge in [0.15, 0.2) is 5.69 Å². The smallest absolute Gasteiger partial charge is 0.166 e. The zero-order chi connectivity index (χ0) is 11.1. The Labute approximate surface area is 93.5 Å². The average molecular weight is 212 g/mol. The van der Waals surface area contributed by atoms with Gasteiger partial charge in [0.1, 0.15) is 11.9 Å². The van der Waals surface area contributed by atoms with E-state index >= 15 is 0 Å². The minimum atomic E-state index is 0.532. The predicted molar refractivity (Wildman–Crippen MR) is 61.4 cm³/mol. The van der Waals surface area contributed by atoms with E-state index in [4.69, 9.17) is 5.26 Å². The van der Waals surface area contributed by atoms with E-state index in [0.29, 0.717) is 11.6 Å². The van der Waals surface area contributed by atoms with Crippen LogP contribution in [0.4, 0.5) is 5.69 Å². The molecule has 2 heterocycles. The molecule has 4 nitrogen and oxygen atoms in total. The molecular weight excluding hydrogens is 200 g/mol. The molecule has 1 N–H and O–H groups in total. The number of pyridine rings is 1. The lowest BCUT2D eigenvalue weighted by Crippen LogP contribution is -1.95. The number of hydrogen-bond donors (Lipinski definition) is 1. The normalized spacial score (nSPS) is 15.0. The fourth-order valence-corrected chi connectivity index (χ4v) is 1.97. The summed E-state index contributed by atoms with van der Waals surface area (Å²) in [7, 11) is 1.89. The van der Waals surface area contributed by atoms with Crippen molar-refractivity contribution >= 4 is 11.2 Å². The number of hydrogen-bond acceptors (Lipinski definition) is 3. The van der Waals surface area contributed by atoms with Crippen molar-refractivity contribution in [2.45, 2.75) is 18.8 Å². The van der Waals surface area contributed by atoms with Crippen LogP contribution in [0.5, 0.6) is 0 Å². The van der Waals surface area contributed by atoms with E-state index in [-0.39, 0.29) is 0 Å². The molecule has 0 radical (unpaired) electrons. The van der Waals surface area contributed by atoms with Gasteiger partial charge in [0.05, 0.1) is 11.2 Å². The maximum absolute atomic E-state index is 9.04. The van der Waals surface area contributed by atoms with Crippen LogP contribution in [0.2, 0.25) is 0 Å². The van der Waals surface area contributed by atoms with Crippen molar-refractivity contribution in [3.8, 4) is 6.07 Å². The van der Waals surface area contributed by atoms with E-state index in [9.17, 15) is 0 Å². The van der Waals surface area contributed by atoms with Gasteiger partial charge in [-0.3, -0.25) is 0 Å². The maximum Gasteiger partial charge on any atom is 0.166 e. The molecule has 0 unspecified atom stereocenters. The third kappa shape index (κ3) is 1.25. The fourth-order valence-electron chi connectivity index (χ4n) is 1.97. The highest BCUT2D eigenvalue weighted by Gasteiger charge is 2.29. The molecule has 80 valence electrons. The van der Waals surface area contributed by atoms with Gasteiger partial charge in [-0.05, 0) is 25.0 Å². The van der Waals surface area contributed by atoms with Crippen LogP contribution in [0.25, 0.3) is 5.52 Å². The van der Waals surface area contributed by atoms with Crippen molar-refractivity contribution in [1.29, 1.82) is 5.26 Å². The van der Waals surface area contributed by atoms with Crippen molar-refractivity contribution in [2.24, 2.45) is 0 Å². The van der Waals surface area contributed by atoms with Gasteiger partial charge >= 0.3 is 0 Å². The second kappa shape index (κ2) is 3.24. The van der Waals surface area contributed by atoms with Crippen LogP contribution >= 0.6 is 0 Å². The number of rotatable bonds is 2. The van der Waals surface area contributed by atoms with Crippen LogP contribution in [0, 0.1) is 11.3 Å². The van der Waals surface area contributed by atoms with Gasteiger partial charge in [0, 0.05) is 19.2 Å². The molecule has 0 aliphatic heterocycles. The van der Waals surface area contributed by atoms with Gasteiger partial charge in [-0.1, -0.05) is 0 Å². The van der Waals surface area contributed by atoms with Crippen molar-refractivity contribution in [1.82, 2.24) is 9.38 Å². The lowest BCUT2D eigenvalue weighted by Gasteiger charge is -2.03. The minimum Gasteiger partial charge on any atom is -0.387 e. The van der Waals surface area contributed by atoms with E-state index in [1.54, 1.807) is 0 Å². The van der Waals surface area contributed by atoms with Crippen molar-refractivity contribution in [2.75, 3.05) is 12.4 Å². The van der Waals surface area contributed by atoms with E-state index in [2.05, 4.69) is 16.4 Å². The molecule has 3 rings (SSSR count). The van der Waals surface area contributed by atoms with Crippen LogP contribution in [-0.2, 0) is 0 Å². The van der Waals surface area contributed by atoms with Gasteiger partial charge in [0.25, 0.3) is 0 Å². The maximum atomic E-state index is 9.04. The van der Waals surface area contributed by atoms with Gasteiger partial charge < -0.3 is 9.72 Å². The highest BCUT2D eigenvalue weighted by molar-refractivity contribution is 5.62. The van der Waals surface area contributed by atoms with E-state index in [0.717, 1.165) is 17.0 Å². The monoisotopic (exact) mass is 212 g/mol. The molecule has 4 heteroatoms. The molecule has 2 aromatic rings. The highest BCUT2D eigenvalue weighted by atomic mass is 15.0. The third-order valence-electron chi connectivity index (χ3n) is 3.00. The zero-order valence-corrected chi connectivity index (χ0v) is 9.07. The summed E-state index contributed by atoms with van der Waals surface area (Å²) in [5, 5.41) is 12.1. The molecule has 0 spiro atoms. The Morgan fingerprint density at radius 2 is 2.31 bits per heavy atom. The third-order valence-corrected chi connectivity index (χ3v) is 3.00.